The van der Waals surface area contributed by atoms with E-state index in [1.807, 2.05) is 39.8 Å². The van der Waals surface area contributed by atoms with Crippen molar-refractivity contribution in [1.82, 2.24) is 0 Å². The van der Waals surface area contributed by atoms with E-state index in [4.69, 9.17) is 9.47 Å². The largest absolute Gasteiger partial charge is 0.459 e. The number of Topliss-reactive ketones (excluding diaryl/α,β-unsaturated/α-hetero) is 1. The molecule has 2 rings (SSSR count). The molecule has 5 heteroatoms. The number of aryl methyl sites for hydroxylation is 2. The maximum Gasteiger partial charge on any atom is 0.306 e. The molecule has 132 valence electrons. The van der Waals surface area contributed by atoms with Crippen LogP contribution in [0.25, 0.3) is 0 Å². The van der Waals surface area contributed by atoms with Crippen molar-refractivity contribution in [3.8, 4) is 0 Å². The Morgan fingerprint density at radius 2 is 1.83 bits per heavy atom. The smallest absolute Gasteiger partial charge is 0.306 e. The number of benzene rings is 1. The Balaban J connectivity index is 1.88. The van der Waals surface area contributed by atoms with E-state index in [1.54, 1.807) is 0 Å². The second-order valence-corrected chi connectivity index (χ2v) is 6.59. The van der Waals surface area contributed by atoms with Gasteiger partial charge in [-0.2, -0.15) is 0 Å². The second-order valence-electron chi connectivity index (χ2n) is 6.59. The molecular formula is C19H26O5. The summed E-state index contributed by atoms with van der Waals surface area (Å²) >= 11 is 0. The topological polar surface area (TPSA) is 72.8 Å². The van der Waals surface area contributed by atoms with Gasteiger partial charge in [-0.3, -0.25) is 9.59 Å². The van der Waals surface area contributed by atoms with Gasteiger partial charge in [-0.25, -0.2) is 0 Å². The molecule has 1 saturated heterocycles. The average molecular weight is 334 g/mol. The zero-order valence-electron chi connectivity index (χ0n) is 14.8. The Hall–Kier alpha value is -1.72. The van der Waals surface area contributed by atoms with Gasteiger partial charge in [0.15, 0.2) is 5.78 Å². The molecule has 0 bridgehead atoms. The van der Waals surface area contributed by atoms with Crippen LogP contribution in [0.4, 0.5) is 0 Å². The monoisotopic (exact) mass is 334 g/mol. The lowest BCUT2D eigenvalue weighted by atomic mass is 9.97. The van der Waals surface area contributed by atoms with Crippen LogP contribution in [-0.4, -0.2) is 41.8 Å². The Bertz CT molecular complexity index is 599. The predicted octanol–water partition coefficient (Wildman–Crippen LogP) is 2.66. The van der Waals surface area contributed by atoms with Gasteiger partial charge in [0, 0.05) is 18.4 Å². The number of carbonyl (C=O) groups excluding carboxylic acids is 2. The molecule has 1 aromatic carbocycles. The quantitative estimate of drug-likeness (QED) is 0.639. The lowest BCUT2D eigenvalue weighted by Gasteiger charge is -2.16. The molecule has 0 spiro atoms. The van der Waals surface area contributed by atoms with Crippen molar-refractivity contribution in [3.05, 3.63) is 34.4 Å². The minimum atomic E-state index is -0.470. The zero-order valence-corrected chi connectivity index (χ0v) is 14.8. The third kappa shape index (κ3) is 4.42. The molecule has 1 N–H and O–H groups in total. The number of esters is 1. The molecule has 0 amide bonds. The van der Waals surface area contributed by atoms with Crippen LogP contribution in [0.5, 0.6) is 0 Å². The maximum absolute atomic E-state index is 12.3. The van der Waals surface area contributed by atoms with Crippen LogP contribution < -0.4 is 0 Å². The molecule has 3 unspecified atom stereocenters. The van der Waals surface area contributed by atoms with Gasteiger partial charge in [-0.05, 0) is 56.5 Å². The van der Waals surface area contributed by atoms with Crippen LogP contribution in [0.3, 0.4) is 0 Å². The summed E-state index contributed by atoms with van der Waals surface area (Å²) in [4.78, 5) is 24.3. The van der Waals surface area contributed by atoms with E-state index in [1.165, 1.54) is 5.56 Å². The maximum atomic E-state index is 12.3. The Labute approximate surface area is 143 Å². The van der Waals surface area contributed by atoms with E-state index in [0.717, 1.165) is 11.1 Å². The van der Waals surface area contributed by atoms with Gasteiger partial charge in [-0.1, -0.05) is 0 Å². The second kappa shape index (κ2) is 7.90. The van der Waals surface area contributed by atoms with Crippen LogP contribution >= 0.6 is 0 Å². The lowest BCUT2D eigenvalue weighted by Crippen LogP contribution is -2.30. The van der Waals surface area contributed by atoms with Gasteiger partial charge in [0.2, 0.25) is 0 Å². The highest BCUT2D eigenvalue weighted by atomic mass is 16.6. The fourth-order valence-corrected chi connectivity index (χ4v) is 2.99. The highest BCUT2D eigenvalue weighted by Crippen LogP contribution is 2.23. The first kappa shape index (κ1) is 18.6. The molecule has 1 aromatic rings. The molecule has 0 aromatic heterocycles. The number of ether oxygens (including phenoxy) is 2. The Morgan fingerprint density at radius 3 is 2.42 bits per heavy atom. The van der Waals surface area contributed by atoms with Gasteiger partial charge in [0.25, 0.3) is 0 Å². The van der Waals surface area contributed by atoms with Crippen molar-refractivity contribution < 1.29 is 24.2 Å². The van der Waals surface area contributed by atoms with Gasteiger partial charge >= 0.3 is 5.97 Å². The van der Waals surface area contributed by atoms with Crippen molar-refractivity contribution in [1.29, 1.82) is 0 Å². The third-order valence-electron chi connectivity index (χ3n) is 4.65. The summed E-state index contributed by atoms with van der Waals surface area (Å²) < 4.78 is 10.8. The number of rotatable bonds is 6. The van der Waals surface area contributed by atoms with Crippen LogP contribution in [0, 0.1) is 20.8 Å². The molecule has 1 heterocycles. The summed E-state index contributed by atoms with van der Waals surface area (Å²) in [5.41, 5.74) is 3.96. The van der Waals surface area contributed by atoms with E-state index >= 15 is 0 Å². The van der Waals surface area contributed by atoms with E-state index in [9.17, 15) is 14.7 Å². The summed E-state index contributed by atoms with van der Waals surface area (Å²) in [7, 11) is 0. The number of ketones is 1. The van der Waals surface area contributed by atoms with E-state index in [0.29, 0.717) is 12.0 Å². The molecule has 5 nitrogen and oxygen atoms in total. The van der Waals surface area contributed by atoms with Gasteiger partial charge in [-0.15, -0.1) is 0 Å². The van der Waals surface area contributed by atoms with Crippen molar-refractivity contribution in [2.75, 3.05) is 6.61 Å². The van der Waals surface area contributed by atoms with Gasteiger partial charge in [0.05, 0.1) is 19.1 Å². The minimum Gasteiger partial charge on any atom is -0.459 e. The van der Waals surface area contributed by atoms with Crippen molar-refractivity contribution in [2.45, 2.75) is 65.3 Å². The van der Waals surface area contributed by atoms with Crippen LogP contribution in [-0.2, 0) is 14.3 Å². The molecule has 3 atom stereocenters. The normalized spacial score (nSPS) is 23.3. The molecule has 0 aliphatic carbocycles. The molecule has 1 fully saturated rings. The molecule has 0 radical (unpaired) electrons. The summed E-state index contributed by atoms with van der Waals surface area (Å²) in [6.45, 7) is 7.68. The standard InChI is InChI=1S/C19H26O5/c1-11-7-15(8-12(2)14(11)4)16(21)5-6-19(22)24-17-9-13(3)23-18(17)10-20/h7-8,13,17-18,20H,5-6,9-10H2,1-4H3. The van der Waals surface area contributed by atoms with Crippen LogP contribution in [0.15, 0.2) is 12.1 Å². The van der Waals surface area contributed by atoms with Crippen LogP contribution in [0.1, 0.15) is 53.2 Å². The molecule has 24 heavy (non-hydrogen) atoms. The molecule has 0 saturated carbocycles. The Kier molecular flexibility index (Phi) is 6.13. The summed E-state index contributed by atoms with van der Waals surface area (Å²) in [5.74, 6) is -0.488. The molecule has 1 aliphatic rings. The first-order chi connectivity index (χ1) is 11.3. The van der Waals surface area contributed by atoms with Crippen molar-refractivity contribution >= 4 is 11.8 Å². The van der Waals surface area contributed by atoms with Crippen LogP contribution in [0.2, 0.25) is 0 Å². The minimum absolute atomic E-state index is 0.0356. The zero-order chi connectivity index (χ0) is 17.9. The summed E-state index contributed by atoms with van der Waals surface area (Å²) in [6.07, 6.45) is -0.221. The first-order valence-corrected chi connectivity index (χ1v) is 8.38. The van der Waals surface area contributed by atoms with Crippen molar-refractivity contribution in [3.63, 3.8) is 0 Å². The number of carbonyl (C=O) groups is 2. The Morgan fingerprint density at radius 1 is 1.21 bits per heavy atom. The third-order valence-corrected chi connectivity index (χ3v) is 4.65. The fourth-order valence-electron chi connectivity index (χ4n) is 2.99. The number of aliphatic hydroxyl groups excluding tert-OH is 1. The molecular weight excluding hydrogens is 308 g/mol. The highest BCUT2D eigenvalue weighted by molar-refractivity contribution is 5.98. The highest BCUT2D eigenvalue weighted by Gasteiger charge is 2.35. The van der Waals surface area contributed by atoms with Crippen molar-refractivity contribution in [2.24, 2.45) is 0 Å². The lowest BCUT2D eigenvalue weighted by molar-refractivity contribution is -0.152. The van der Waals surface area contributed by atoms with Gasteiger partial charge < -0.3 is 14.6 Å². The SMILES string of the molecule is Cc1cc(C(=O)CCC(=O)OC2CC(C)OC2CO)cc(C)c1C. The van der Waals surface area contributed by atoms with E-state index in [-0.39, 0.29) is 31.3 Å². The fraction of sp³-hybridized carbons (Fsp3) is 0.579. The number of hydrogen-bond acceptors (Lipinski definition) is 5. The summed E-state index contributed by atoms with van der Waals surface area (Å²) in [5, 5.41) is 9.24. The predicted molar refractivity (Wildman–Crippen MR) is 90.1 cm³/mol. The van der Waals surface area contributed by atoms with E-state index in [2.05, 4.69) is 0 Å². The molecule has 1 aliphatic heterocycles. The number of hydrogen-bond donors (Lipinski definition) is 1. The first-order valence-electron chi connectivity index (χ1n) is 8.38. The van der Waals surface area contributed by atoms with Gasteiger partial charge in [0.1, 0.15) is 12.2 Å². The summed E-state index contributed by atoms with van der Waals surface area (Å²) in [6, 6.07) is 3.73. The number of aliphatic hydroxyl groups is 1. The van der Waals surface area contributed by atoms with E-state index < -0.39 is 18.2 Å². The average Bonchev–Trinajstić information content (AvgIpc) is 2.89.